The van der Waals surface area contributed by atoms with Gasteiger partial charge < -0.3 is 21.1 Å². The lowest BCUT2D eigenvalue weighted by atomic mass is 9.96. The second-order valence-corrected chi connectivity index (χ2v) is 8.07. The Morgan fingerprint density at radius 3 is 2.82 bits per heavy atom. The molecule has 1 aliphatic rings. The van der Waals surface area contributed by atoms with Gasteiger partial charge in [0.05, 0.1) is 30.3 Å². The molecular formula is C23H24N8O3. The number of hydrogen-bond donors (Lipinski definition) is 3. The van der Waals surface area contributed by atoms with Gasteiger partial charge in [-0.1, -0.05) is 0 Å². The smallest absolute Gasteiger partial charge is 0.325 e. The molecule has 4 N–H and O–H groups in total. The Kier molecular flexibility index (Phi) is 5.68. The molecule has 0 saturated heterocycles. The molecule has 1 saturated carbocycles. The minimum Gasteiger partial charge on any atom is -0.386 e. The van der Waals surface area contributed by atoms with Crippen molar-refractivity contribution < 1.29 is 9.53 Å². The minimum atomic E-state index is -0.705. The Hall–Kier alpha value is -4.25. The largest absolute Gasteiger partial charge is 0.386 e. The van der Waals surface area contributed by atoms with Gasteiger partial charge in [-0.25, -0.2) is 19.3 Å². The molecule has 34 heavy (non-hydrogen) atoms. The van der Waals surface area contributed by atoms with Crippen LogP contribution < -0.4 is 21.9 Å². The van der Waals surface area contributed by atoms with E-state index in [0.29, 0.717) is 35.0 Å². The fraction of sp³-hybridized carbons (Fsp3) is 0.261. The predicted octanol–water partition coefficient (Wildman–Crippen LogP) is 2.76. The van der Waals surface area contributed by atoms with Gasteiger partial charge >= 0.3 is 6.03 Å². The van der Waals surface area contributed by atoms with Crippen molar-refractivity contribution in [2.75, 3.05) is 17.7 Å². The molecule has 11 heteroatoms. The zero-order chi connectivity index (χ0) is 23.7. The molecule has 0 atom stereocenters. The third-order valence-corrected chi connectivity index (χ3v) is 5.81. The Morgan fingerprint density at radius 2 is 2.15 bits per heavy atom. The summed E-state index contributed by atoms with van der Waals surface area (Å²) in [6.07, 6.45) is 9.89. The summed E-state index contributed by atoms with van der Waals surface area (Å²) in [5, 5.41) is 6.15. The van der Waals surface area contributed by atoms with Crippen LogP contribution in [0.25, 0.3) is 16.9 Å². The number of fused-ring (bicyclic) bond motifs is 1. The highest BCUT2D eigenvalue weighted by atomic mass is 16.5. The maximum absolute atomic E-state index is 13.4. The van der Waals surface area contributed by atoms with Crippen molar-refractivity contribution in [3.05, 3.63) is 65.1 Å². The molecule has 4 heterocycles. The zero-order valence-corrected chi connectivity index (χ0v) is 18.6. The minimum absolute atomic E-state index is 0.256. The number of primary amides is 1. The first-order valence-corrected chi connectivity index (χ1v) is 10.9. The second kappa shape index (κ2) is 8.94. The van der Waals surface area contributed by atoms with Crippen LogP contribution in [0.3, 0.4) is 0 Å². The Labute approximate surface area is 194 Å². The number of imidazole rings is 1. The number of pyridine rings is 3. The van der Waals surface area contributed by atoms with E-state index in [1.165, 1.54) is 17.3 Å². The summed E-state index contributed by atoms with van der Waals surface area (Å²) in [6.45, 7) is 0.378. The third kappa shape index (κ3) is 4.08. The average molecular weight is 460 g/mol. The standard InChI is InChI=1S/C23H24N8O3/c1-25-17-9-19(29-21-20(17)27-13-31(21)23(24)33)28-18-8-14(12-34-16-5-2-6-16)11-30(22(18)32)15-4-3-7-26-10-15/h3-4,7-11,13,16H,2,5-6,12H2,1H3,(H2,24,33)(H2,25,28,29). The number of aromatic nitrogens is 5. The van der Waals surface area contributed by atoms with E-state index in [9.17, 15) is 9.59 Å². The lowest BCUT2D eigenvalue weighted by molar-refractivity contribution is -0.00881. The van der Waals surface area contributed by atoms with Crippen molar-refractivity contribution in [3.8, 4) is 5.69 Å². The number of carbonyl (C=O) groups excluding carboxylic acids is 1. The highest BCUT2D eigenvalue weighted by molar-refractivity contribution is 5.94. The Bertz CT molecular complexity index is 1410. The summed E-state index contributed by atoms with van der Waals surface area (Å²) in [6, 6.07) is 6.34. The van der Waals surface area contributed by atoms with Crippen molar-refractivity contribution in [3.63, 3.8) is 0 Å². The SMILES string of the molecule is CNc1cc(Nc2cc(COC3CCC3)cn(-c3cccnc3)c2=O)nc2c1ncn2C(N)=O. The molecular weight excluding hydrogens is 436 g/mol. The second-order valence-electron chi connectivity index (χ2n) is 8.07. The van der Waals surface area contributed by atoms with Gasteiger partial charge in [0.25, 0.3) is 5.56 Å². The molecule has 174 valence electrons. The lowest BCUT2D eigenvalue weighted by Gasteiger charge is -2.25. The van der Waals surface area contributed by atoms with Gasteiger partial charge in [-0.05, 0) is 43.0 Å². The van der Waals surface area contributed by atoms with Crippen LogP contribution in [0.1, 0.15) is 24.8 Å². The predicted molar refractivity (Wildman–Crippen MR) is 128 cm³/mol. The first-order valence-electron chi connectivity index (χ1n) is 10.9. The maximum atomic E-state index is 13.4. The number of anilines is 3. The van der Waals surface area contributed by atoms with Crippen LogP contribution in [0.15, 0.2) is 54.0 Å². The number of hydrogen-bond acceptors (Lipinski definition) is 8. The molecule has 11 nitrogen and oxygen atoms in total. The van der Waals surface area contributed by atoms with Crippen LogP contribution >= 0.6 is 0 Å². The van der Waals surface area contributed by atoms with Gasteiger partial charge in [-0.15, -0.1) is 0 Å². The van der Waals surface area contributed by atoms with Crippen LogP contribution in [0, 0.1) is 0 Å². The summed E-state index contributed by atoms with van der Waals surface area (Å²) in [5.41, 5.74) is 8.33. The van der Waals surface area contributed by atoms with Crippen LogP contribution in [-0.4, -0.2) is 43.3 Å². The monoisotopic (exact) mass is 460 g/mol. The summed E-state index contributed by atoms with van der Waals surface area (Å²) in [4.78, 5) is 38.0. The average Bonchev–Trinajstić information content (AvgIpc) is 3.24. The highest BCUT2D eigenvalue weighted by Gasteiger charge is 2.19. The first kappa shape index (κ1) is 21.6. The fourth-order valence-corrected chi connectivity index (χ4v) is 3.79. The molecule has 0 aromatic carbocycles. The van der Waals surface area contributed by atoms with Gasteiger partial charge in [0, 0.05) is 25.5 Å². The molecule has 0 unspecified atom stereocenters. The lowest BCUT2D eigenvalue weighted by Crippen LogP contribution is -2.24. The number of nitrogens with two attached hydrogens (primary N) is 1. The van der Waals surface area contributed by atoms with Gasteiger partial charge in [-0.2, -0.15) is 0 Å². The van der Waals surface area contributed by atoms with E-state index >= 15 is 0 Å². The molecule has 0 radical (unpaired) electrons. The highest BCUT2D eigenvalue weighted by Crippen LogP contribution is 2.26. The zero-order valence-electron chi connectivity index (χ0n) is 18.6. The number of carbonyl (C=O) groups is 1. The quantitative estimate of drug-likeness (QED) is 0.382. The summed E-state index contributed by atoms with van der Waals surface area (Å²) < 4.78 is 8.66. The molecule has 4 aromatic heterocycles. The van der Waals surface area contributed by atoms with Crippen LogP contribution in [0.2, 0.25) is 0 Å². The summed E-state index contributed by atoms with van der Waals surface area (Å²) in [7, 11) is 1.73. The van der Waals surface area contributed by atoms with Crippen molar-refractivity contribution in [2.24, 2.45) is 5.73 Å². The van der Waals surface area contributed by atoms with Crippen molar-refractivity contribution in [1.29, 1.82) is 0 Å². The topological polar surface area (TPSA) is 142 Å². The summed E-state index contributed by atoms with van der Waals surface area (Å²) >= 11 is 0. The van der Waals surface area contributed by atoms with Gasteiger partial charge in [0.15, 0.2) is 5.65 Å². The van der Waals surface area contributed by atoms with E-state index in [0.717, 1.165) is 23.0 Å². The molecule has 1 fully saturated rings. The number of amides is 1. The molecule has 0 spiro atoms. The van der Waals surface area contributed by atoms with E-state index in [2.05, 4.69) is 25.6 Å². The number of nitrogens with one attached hydrogen (secondary N) is 2. The van der Waals surface area contributed by atoms with Crippen LogP contribution in [0.4, 0.5) is 22.0 Å². The fourth-order valence-electron chi connectivity index (χ4n) is 3.79. The number of rotatable bonds is 7. The van der Waals surface area contributed by atoms with Crippen molar-refractivity contribution >= 4 is 34.4 Å². The molecule has 4 aromatic rings. The third-order valence-electron chi connectivity index (χ3n) is 5.81. The van der Waals surface area contributed by atoms with E-state index in [-0.39, 0.29) is 17.3 Å². The molecule has 5 rings (SSSR count). The Morgan fingerprint density at radius 1 is 1.29 bits per heavy atom. The first-order chi connectivity index (χ1) is 16.5. The number of nitrogens with zero attached hydrogens (tertiary/aromatic N) is 5. The van der Waals surface area contributed by atoms with E-state index < -0.39 is 6.03 Å². The van der Waals surface area contributed by atoms with Gasteiger partial charge in [-0.3, -0.25) is 14.3 Å². The van der Waals surface area contributed by atoms with Crippen LogP contribution in [0.5, 0.6) is 0 Å². The van der Waals surface area contributed by atoms with Gasteiger partial charge in [0.1, 0.15) is 23.3 Å². The molecule has 0 bridgehead atoms. The van der Waals surface area contributed by atoms with E-state index in [4.69, 9.17) is 10.5 Å². The molecule has 1 aliphatic carbocycles. The summed E-state index contributed by atoms with van der Waals surface area (Å²) in [5.74, 6) is 0.353. The van der Waals surface area contributed by atoms with Crippen LogP contribution in [-0.2, 0) is 11.3 Å². The molecule has 0 aliphatic heterocycles. The van der Waals surface area contributed by atoms with Crippen molar-refractivity contribution in [2.45, 2.75) is 32.0 Å². The number of ether oxygens (including phenoxy) is 1. The van der Waals surface area contributed by atoms with E-state index in [1.807, 2.05) is 6.07 Å². The maximum Gasteiger partial charge on any atom is 0.325 e. The van der Waals surface area contributed by atoms with Gasteiger partial charge in [0.2, 0.25) is 0 Å². The normalized spacial score (nSPS) is 13.6. The van der Waals surface area contributed by atoms with E-state index in [1.54, 1.807) is 43.8 Å². The Balaban J connectivity index is 1.57. The molecule has 1 amide bonds. The van der Waals surface area contributed by atoms with Crippen molar-refractivity contribution in [1.82, 2.24) is 24.1 Å².